The SMILES string of the molecule is C=CCOC(=O)O/C(=C\C)C(C)C. The quantitative estimate of drug-likeness (QED) is 0.383. The zero-order valence-electron chi connectivity index (χ0n) is 8.37. The van der Waals surface area contributed by atoms with E-state index in [0.29, 0.717) is 5.76 Å². The van der Waals surface area contributed by atoms with Gasteiger partial charge in [-0.2, -0.15) is 0 Å². The molecular weight excluding hydrogens is 168 g/mol. The number of hydrogen-bond acceptors (Lipinski definition) is 3. The average molecular weight is 184 g/mol. The van der Waals surface area contributed by atoms with E-state index in [1.165, 1.54) is 6.08 Å². The Balaban J connectivity index is 3.95. The predicted octanol–water partition coefficient (Wildman–Crippen LogP) is 2.89. The fourth-order valence-electron chi connectivity index (χ4n) is 0.763. The molecule has 0 aliphatic carbocycles. The Morgan fingerprint density at radius 2 is 2.15 bits per heavy atom. The molecule has 0 N–H and O–H groups in total. The lowest BCUT2D eigenvalue weighted by Crippen LogP contribution is -2.10. The first-order valence-corrected chi connectivity index (χ1v) is 4.23. The van der Waals surface area contributed by atoms with Crippen LogP contribution in [0.2, 0.25) is 0 Å². The summed E-state index contributed by atoms with van der Waals surface area (Å²) in [6, 6.07) is 0. The van der Waals surface area contributed by atoms with E-state index >= 15 is 0 Å². The van der Waals surface area contributed by atoms with Gasteiger partial charge in [0.2, 0.25) is 0 Å². The summed E-state index contributed by atoms with van der Waals surface area (Å²) in [5.74, 6) is 0.801. The van der Waals surface area contributed by atoms with Crippen molar-refractivity contribution in [1.29, 1.82) is 0 Å². The predicted molar refractivity (Wildman–Crippen MR) is 51.2 cm³/mol. The van der Waals surface area contributed by atoms with Crippen molar-refractivity contribution < 1.29 is 14.3 Å². The molecule has 0 fully saturated rings. The Bertz CT molecular complexity index is 204. The number of carbonyl (C=O) groups is 1. The molecule has 0 saturated carbocycles. The van der Waals surface area contributed by atoms with Gasteiger partial charge in [-0.15, -0.1) is 0 Å². The zero-order valence-corrected chi connectivity index (χ0v) is 8.37. The summed E-state index contributed by atoms with van der Waals surface area (Å²) in [6.45, 7) is 9.29. The van der Waals surface area contributed by atoms with Gasteiger partial charge in [-0.25, -0.2) is 4.79 Å². The molecule has 0 amide bonds. The Kier molecular flexibility index (Phi) is 5.68. The van der Waals surface area contributed by atoms with E-state index in [1.54, 1.807) is 6.08 Å². The van der Waals surface area contributed by atoms with Crippen LogP contribution in [0.3, 0.4) is 0 Å². The van der Waals surface area contributed by atoms with Gasteiger partial charge >= 0.3 is 6.16 Å². The lowest BCUT2D eigenvalue weighted by molar-refractivity contribution is 0.0802. The summed E-state index contributed by atoms with van der Waals surface area (Å²) in [7, 11) is 0. The van der Waals surface area contributed by atoms with E-state index in [0.717, 1.165) is 0 Å². The molecule has 74 valence electrons. The smallest absolute Gasteiger partial charge is 0.430 e. The van der Waals surface area contributed by atoms with Gasteiger partial charge in [0.25, 0.3) is 0 Å². The van der Waals surface area contributed by atoms with Gasteiger partial charge in [0.1, 0.15) is 12.4 Å². The molecule has 0 aromatic heterocycles. The minimum absolute atomic E-state index is 0.175. The Morgan fingerprint density at radius 1 is 1.54 bits per heavy atom. The maximum Gasteiger partial charge on any atom is 0.513 e. The van der Waals surface area contributed by atoms with Gasteiger partial charge < -0.3 is 9.47 Å². The fraction of sp³-hybridized carbons (Fsp3) is 0.500. The van der Waals surface area contributed by atoms with Gasteiger partial charge in [-0.05, 0) is 13.0 Å². The van der Waals surface area contributed by atoms with Crippen LogP contribution < -0.4 is 0 Å². The molecule has 0 rings (SSSR count). The summed E-state index contributed by atoms with van der Waals surface area (Å²) in [4.78, 5) is 10.9. The Morgan fingerprint density at radius 3 is 2.54 bits per heavy atom. The maximum atomic E-state index is 10.9. The van der Waals surface area contributed by atoms with Crippen molar-refractivity contribution in [2.24, 2.45) is 5.92 Å². The number of allylic oxidation sites excluding steroid dienone is 2. The Hall–Kier alpha value is -1.25. The van der Waals surface area contributed by atoms with Crippen LogP contribution in [0.4, 0.5) is 4.79 Å². The standard InChI is InChI=1S/C10H16O3/c1-5-7-12-10(11)13-9(6-2)8(3)4/h5-6,8H,1,7H2,2-4H3/b9-6-. The number of rotatable bonds is 4. The largest absolute Gasteiger partial charge is 0.513 e. The molecular formula is C10H16O3. The summed E-state index contributed by atoms with van der Waals surface area (Å²) in [5.41, 5.74) is 0. The van der Waals surface area contributed by atoms with E-state index in [1.807, 2.05) is 20.8 Å². The molecule has 0 spiro atoms. The zero-order chi connectivity index (χ0) is 10.3. The van der Waals surface area contributed by atoms with Crippen molar-refractivity contribution in [3.8, 4) is 0 Å². The molecule has 0 aromatic rings. The third kappa shape index (κ3) is 5.06. The summed E-state index contributed by atoms with van der Waals surface area (Å²) >= 11 is 0. The summed E-state index contributed by atoms with van der Waals surface area (Å²) in [6.07, 6.45) is 2.56. The van der Waals surface area contributed by atoms with Crippen LogP contribution in [0.25, 0.3) is 0 Å². The van der Waals surface area contributed by atoms with Gasteiger partial charge in [0, 0.05) is 5.92 Å². The first-order valence-electron chi connectivity index (χ1n) is 4.23. The monoisotopic (exact) mass is 184 g/mol. The van der Waals surface area contributed by atoms with Crippen molar-refractivity contribution in [2.75, 3.05) is 6.61 Å². The van der Waals surface area contributed by atoms with Gasteiger partial charge in [0.15, 0.2) is 0 Å². The molecule has 0 aliphatic rings. The van der Waals surface area contributed by atoms with Crippen molar-refractivity contribution in [3.05, 3.63) is 24.5 Å². The molecule has 0 saturated heterocycles. The van der Waals surface area contributed by atoms with Crippen LogP contribution in [0.5, 0.6) is 0 Å². The second-order valence-corrected chi connectivity index (χ2v) is 2.80. The highest BCUT2D eigenvalue weighted by molar-refractivity contribution is 5.61. The molecule has 0 atom stereocenters. The van der Waals surface area contributed by atoms with Crippen molar-refractivity contribution in [2.45, 2.75) is 20.8 Å². The molecule has 3 heteroatoms. The normalized spacial score (nSPS) is 11.2. The average Bonchev–Trinajstić information content (AvgIpc) is 2.10. The molecule has 0 bridgehead atoms. The molecule has 0 heterocycles. The third-order valence-electron chi connectivity index (χ3n) is 1.37. The van der Waals surface area contributed by atoms with Crippen LogP contribution in [0.1, 0.15) is 20.8 Å². The fourth-order valence-corrected chi connectivity index (χ4v) is 0.763. The first kappa shape index (κ1) is 11.8. The Labute approximate surface area is 79.0 Å². The maximum absolute atomic E-state index is 10.9. The van der Waals surface area contributed by atoms with Crippen LogP contribution in [-0.4, -0.2) is 12.8 Å². The van der Waals surface area contributed by atoms with E-state index < -0.39 is 6.16 Å². The number of ether oxygens (including phenoxy) is 2. The highest BCUT2D eigenvalue weighted by Gasteiger charge is 2.09. The van der Waals surface area contributed by atoms with Crippen molar-refractivity contribution >= 4 is 6.16 Å². The van der Waals surface area contributed by atoms with Gasteiger partial charge in [-0.1, -0.05) is 26.5 Å². The lowest BCUT2D eigenvalue weighted by atomic mass is 10.2. The molecule has 13 heavy (non-hydrogen) atoms. The van der Waals surface area contributed by atoms with Crippen LogP contribution >= 0.6 is 0 Å². The highest BCUT2D eigenvalue weighted by atomic mass is 16.7. The van der Waals surface area contributed by atoms with Crippen molar-refractivity contribution in [3.63, 3.8) is 0 Å². The van der Waals surface area contributed by atoms with Gasteiger partial charge in [0.05, 0.1) is 0 Å². The number of hydrogen-bond donors (Lipinski definition) is 0. The highest BCUT2D eigenvalue weighted by Crippen LogP contribution is 2.11. The second kappa shape index (κ2) is 6.29. The lowest BCUT2D eigenvalue weighted by Gasteiger charge is -2.10. The molecule has 3 nitrogen and oxygen atoms in total. The van der Waals surface area contributed by atoms with E-state index in [4.69, 9.17) is 4.74 Å². The number of carbonyl (C=O) groups excluding carboxylic acids is 1. The minimum Gasteiger partial charge on any atom is -0.430 e. The van der Waals surface area contributed by atoms with Gasteiger partial charge in [-0.3, -0.25) is 0 Å². The first-order chi connectivity index (χ1) is 6.11. The molecule has 0 aromatic carbocycles. The molecule has 0 aliphatic heterocycles. The second-order valence-electron chi connectivity index (χ2n) is 2.80. The van der Waals surface area contributed by atoms with E-state index in [9.17, 15) is 4.79 Å². The third-order valence-corrected chi connectivity index (χ3v) is 1.37. The summed E-state index contributed by atoms with van der Waals surface area (Å²) < 4.78 is 9.57. The minimum atomic E-state index is -0.679. The summed E-state index contributed by atoms with van der Waals surface area (Å²) in [5, 5.41) is 0. The molecule has 0 radical (unpaired) electrons. The van der Waals surface area contributed by atoms with Crippen LogP contribution in [-0.2, 0) is 9.47 Å². The van der Waals surface area contributed by atoms with E-state index in [2.05, 4.69) is 11.3 Å². The van der Waals surface area contributed by atoms with Crippen LogP contribution in [0, 0.1) is 5.92 Å². The topological polar surface area (TPSA) is 35.5 Å². The van der Waals surface area contributed by atoms with E-state index in [-0.39, 0.29) is 12.5 Å². The van der Waals surface area contributed by atoms with Crippen molar-refractivity contribution in [1.82, 2.24) is 0 Å². The molecule has 0 unspecified atom stereocenters. The van der Waals surface area contributed by atoms with Crippen LogP contribution in [0.15, 0.2) is 24.5 Å².